The van der Waals surface area contributed by atoms with Crippen molar-refractivity contribution < 1.29 is 30.6 Å². The Balaban J connectivity index is 0. The fourth-order valence-electron chi connectivity index (χ4n) is 0. The van der Waals surface area contributed by atoms with Crippen LogP contribution in [0.3, 0.4) is 0 Å². The second kappa shape index (κ2) is 2.13. The molecule has 0 aliphatic rings. The van der Waals surface area contributed by atoms with Gasteiger partial charge >= 0.3 is 38.9 Å². The van der Waals surface area contributed by atoms with Gasteiger partial charge in [0.1, 0.15) is 0 Å². The normalized spacial score (nSPS) is 16.9. The zero-order valence-electron chi connectivity index (χ0n) is 4.95. The van der Waals surface area contributed by atoms with Gasteiger partial charge in [0, 0.05) is 0 Å². The van der Waals surface area contributed by atoms with Crippen LogP contribution in [0.5, 0.6) is 0 Å². The molecule has 0 atom stereocenters. The van der Waals surface area contributed by atoms with Crippen molar-refractivity contribution in [2.45, 2.75) is 0 Å². The quantitative estimate of drug-likeness (QED) is 0.231. The molecule has 11 heavy (non-hydrogen) atoms. The van der Waals surface area contributed by atoms with Crippen LogP contribution >= 0.6 is 7.81 Å². The van der Waals surface area contributed by atoms with Crippen LogP contribution in [0.2, 0.25) is 0 Å². The summed E-state index contributed by atoms with van der Waals surface area (Å²) in [5.74, 6) is -0.0833. The Morgan fingerprint density at radius 1 is 0.909 bits per heavy atom. The summed E-state index contributed by atoms with van der Waals surface area (Å²) in [6.07, 6.45) is 0. The van der Waals surface area contributed by atoms with Crippen LogP contribution in [0.4, 0.5) is 25.2 Å². The molecule has 72 valence electrons. The first kappa shape index (κ1) is 12.9. The second-order valence-corrected chi connectivity index (χ2v) is 3.37. The van der Waals surface area contributed by atoms with Crippen molar-refractivity contribution in [3.63, 3.8) is 0 Å². The first-order valence-corrected chi connectivity index (χ1v) is 3.91. The molecule has 0 aromatic rings. The van der Waals surface area contributed by atoms with Crippen molar-refractivity contribution in [3.05, 3.63) is 0 Å². The van der Waals surface area contributed by atoms with Gasteiger partial charge in [-0.2, -0.15) is 0 Å². The molecular formula is CH6F6N3P. The summed E-state index contributed by atoms with van der Waals surface area (Å²) >= 11 is 0. The average molecular weight is 205 g/mol. The third-order valence-corrected chi connectivity index (χ3v) is 0. The maximum atomic E-state index is 9.87. The van der Waals surface area contributed by atoms with Crippen LogP contribution in [-0.4, -0.2) is 5.96 Å². The fourth-order valence-corrected chi connectivity index (χ4v) is 0. The summed E-state index contributed by atoms with van der Waals surface area (Å²) in [5, 5.41) is 4.58. The number of halogens is 6. The van der Waals surface area contributed by atoms with Crippen molar-refractivity contribution in [2.75, 3.05) is 0 Å². The van der Waals surface area contributed by atoms with E-state index in [0.29, 0.717) is 0 Å². The van der Waals surface area contributed by atoms with E-state index in [1.165, 1.54) is 0 Å². The van der Waals surface area contributed by atoms with E-state index in [-0.39, 0.29) is 5.96 Å². The van der Waals surface area contributed by atoms with Crippen molar-refractivity contribution in [3.8, 4) is 0 Å². The predicted octanol–water partition coefficient (Wildman–Crippen LogP) is 0.401. The maximum absolute atomic E-state index is 10.7. The monoisotopic (exact) mass is 205 g/mol. The van der Waals surface area contributed by atoms with Crippen LogP contribution in [0.1, 0.15) is 0 Å². The average Bonchev–Trinajstić information content (AvgIpc) is 1.11. The molecule has 0 saturated carbocycles. The Kier molecular flexibility index (Phi) is 2.50. The molecule has 10 heteroatoms. The van der Waals surface area contributed by atoms with Crippen LogP contribution < -0.4 is 16.9 Å². The van der Waals surface area contributed by atoms with Gasteiger partial charge in [0.25, 0.3) is 0 Å². The molecule has 0 spiro atoms. The summed E-state index contributed by atoms with van der Waals surface area (Å²) < 4.78 is 59.2. The third-order valence-electron chi connectivity index (χ3n) is 0. The number of nitrogens with two attached hydrogens (primary N) is 3. The van der Waals surface area contributed by atoms with Crippen molar-refractivity contribution in [1.82, 2.24) is 0 Å². The van der Waals surface area contributed by atoms with Crippen LogP contribution in [0.25, 0.3) is 0 Å². The van der Waals surface area contributed by atoms with Gasteiger partial charge in [-0.15, -0.1) is 0 Å². The number of rotatable bonds is 0. The first-order valence-electron chi connectivity index (χ1n) is 1.88. The molecule has 0 amide bonds. The minimum Gasteiger partial charge on any atom is -0.291 e. The Hall–Kier alpha value is -0.720. The summed E-state index contributed by atoms with van der Waals surface area (Å²) in [5.41, 5.74) is 9.17. The SMILES string of the molecule is F[P-](F)(F)(F)(F)F.NC(N)=[NH2+]. The van der Waals surface area contributed by atoms with Gasteiger partial charge in [-0.05, 0) is 0 Å². The molecule has 0 aromatic carbocycles. The summed E-state index contributed by atoms with van der Waals surface area (Å²) in [6.45, 7) is 0. The van der Waals surface area contributed by atoms with Gasteiger partial charge in [0.05, 0.1) is 0 Å². The summed E-state index contributed by atoms with van der Waals surface area (Å²) in [7, 11) is -10.7. The van der Waals surface area contributed by atoms with E-state index in [0.717, 1.165) is 0 Å². The number of hydrogen-bond donors (Lipinski definition) is 3. The second-order valence-electron chi connectivity index (χ2n) is 1.46. The Morgan fingerprint density at radius 3 is 0.909 bits per heavy atom. The maximum Gasteiger partial charge on any atom is 0.336 e. The molecule has 0 radical (unpaired) electrons. The molecule has 3 nitrogen and oxygen atoms in total. The smallest absolute Gasteiger partial charge is 0.291 e. The fraction of sp³-hybridized carbons (Fsp3) is 0. The molecule has 0 saturated heterocycles. The molecule has 0 aromatic heterocycles. The molecule has 6 N–H and O–H groups in total. The van der Waals surface area contributed by atoms with Gasteiger partial charge in [-0.1, -0.05) is 0 Å². The molecule has 0 rings (SSSR count). The zero-order valence-corrected chi connectivity index (χ0v) is 5.84. The van der Waals surface area contributed by atoms with Crippen molar-refractivity contribution >= 4 is 13.8 Å². The van der Waals surface area contributed by atoms with Crippen LogP contribution in [-0.2, 0) is 0 Å². The summed E-state index contributed by atoms with van der Waals surface area (Å²) in [4.78, 5) is 0. The van der Waals surface area contributed by atoms with Gasteiger partial charge < -0.3 is 0 Å². The van der Waals surface area contributed by atoms with E-state index in [2.05, 4.69) is 16.9 Å². The van der Waals surface area contributed by atoms with Gasteiger partial charge in [0.15, 0.2) is 0 Å². The van der Waals surface area contributed by atoms with Gasteiger partial charge in [-0.25, -0.2) is 0 Å². The van der Waals surface area contributed by atoms with E-state index in [1.54, 1.807) is 0 Å². The Labute approximate surface area is 57.1 Å². The standard InChI is InChI=1S/CH5N3.F6P/c2-1(3)4;1-7(2,3,4,5)6/h(H5,2,3,4);/q;-1/p+1. The molecule has 0 aliphatic carbocycles. The van der Waals surface area contributed by atoms with Crippen LogP contribution in [0, 0.1) is 0 Å². The number of guanidine groups is 1. The minimum atomic E-state index is -10.7. The molecule has 0 bridgehead atoms. The molecule has 0 unspecified atom stereocenters. The zero-order chi connectivity index (χ0) is 9.99. The molecular weight excluding hydrogens is 199 g/mol. The topological polar surface area (TPSA) is 77.6 Å². The van der Waals surface area contributed by atoms with Gasteiger partial charge in [0.2, 0.25) is 0 Å². The Bertz CT molecular complexity index is 136. The molecule has 0 aliphatic heterocycles. The van der Waals surface area contributed by atoms with Gasteiger partial charge in [-0.3, -0.25) is 16.9 Å². The molecule has 0 fully saturated rings. The molecule has 0 heterocycles. The minimum absolute atomic E-state index is 0.0833. The van der Waals surface area contributed by atoms with Crippen molar-refractivity contribution in [2.24, 2.45) is 11.5 Å². The summed E-state index contributed by atoms with van der Waals surface area (Å²) in [6, 6.07) is 0. The van der Waals surface area contributed by atoms with E-state index < -0.39 is 7.81 Å². The van der Waals surface area contributed by atoms with E-state index >= 15 is 0 Å². The van der Waals surface area contributed by atoms with Crippen LogP contribution in [0.15, 0.2) is 0 Å². The number of hydrogen-bond acceptors (Lipinski definition) is 0. The van der Waals surface area contributed by atoms with E-state index in [1.807, 2.05) is 0 Å². The largest absolute Gasteiger partial charge is 0.336 e. The Morgan fingerprint density at radius 2 is 0.909 bits per heavy atom. The van der Waals surface area contributed by atoms with Crippen molar-refractivity contribution in [1.29, 1.82) is 0 Å². The first-order chi connectivity index (χ1) is 4.18. The van der Waals surface area contributed by atoms with E-state index in [9.17, 15) is 25.2 Å². The third kappa shape index (κ3) is 949. The van der Waals surface area contributed by atoms with E-state index in [4.69, 9.17) is 0 Å². The predicted molar refractivity (Wildman–Crippen MR) is 28.9 cm³/mol.